The van der Waals surface area contributed by atoms with Gasteiger partial charge >= 0.3 is 0 Å². The summed E-state index contributed by atoms with van der Waals surface area (Å²) in [6.07, 6.45) is 2.15. The van der Waals surface area contributed by atoms with Crippen molar-refractivity contribution in [1.82, 2.24) is 4.90 Å². The maximum atomic E-state index is 12.6. The third-order valence-electron chi connectivity index (χ3n) is 3.97. The van der Waals surface area contributed by atoms with Gasteiger partial charge in [0.1, 0.15) is 0 Å². The Balaban J connectivity index is 2.08. The number of rotatable bonds is 4. The zero-order valence-corrected chi connectivity index (χ0v) is 12.3. The molecule has 0 spiro atoms. The van der Waals surface area contributed by atoms with Crippen molar-refractivity contribution in [3.05, 3.63) is 35.4 Å². The van der Waals surface area contributed by atoms with Gasteiger partial charge in [-0.3, -0.25) is 4.79 Å². The van der Waals surface area contributed by atoms with E-state index in [0.717, 1.165) is 37.1 Å². The standard InChI is InChI=1S/C16H24N2O2/c1-12(17)15-7-4-8-18(10-15)16(19)14-6-3-5-13(9-14)11-20-2/h3,5-6,9,12,15H,4,7-8,10-11,17H2,1-2H3/t12-,15-/m1/s1. The van der Waals surface area contributed by atoms with Crippen LogP contribution in [0.25, 0.3) is 0 Å². The molecule has 110 valence electrons. The van der Waals surface area contributed by atoms with Crippen LogP contribution in [0.3, 0.4) is 0 Å². The van der Waals surface area contributed by atoms with E-state index in [-0.39, 0.29) is 11.9 Å². The maximum Gasteiger partial charge on any atom is 0.253 e. The van der Waals surface area contributed by atoms with Crippen molar-refractivity contribution >= 4 is 5.91 Å². The summed E-state index contributed by atoms with van der Waals surface area (Å²) in [7, 11) is 1.66. The molecule has 1 aliphatic rings. The molecule has 20 heavy (non-hydrogen) atoms. The first-order valence-corrected chi connectivity index (χ1v) is 7.24. The van der Waals surface area contributed by atoms with Gasteiger partial charge in [0.25, 0.3) is 5.91 Å². The molecule has 1 aromatic carbocycles. The van der Waals surface area contributed by atoms with Gasteiger partial charge in [-0.15, -0.1) is 0 Å². The summed E-state index contributed by atoms with van der Waals surface area (Å²) >= 11 is 0. The Hall–Kier alpha value is -1.39. The number of amides is 1. The second kappa shape index (κ2) is 6.86. The minimum Gasteiger partial charge on any atom is -0.380 e. The van der Waals surface area contributed by atoms with Crippen molar-refractivity contribution in [3.63, 3.8) is 0 Å². The van der Waals surface area contributed by atoms with Crippen molar-refractivity contribution in [2.45, 2.75) is 32.4 Å². The molecule has 0 aliphatic carbocycles. The van der Waals surface area contributed by atoms with Crippen molar-refractivity contribution < 1.29 is 9.53 Å². The molecule has 0 radical (unpaired) electrons. The molecule has 1 amide bonds. The fraction of sp³-hybridized carbons (Fsp3) is 0.562. The van der Waals surface area contributed by atoms with Crippen molar-refractivity contribution in [2.75, 3.05) is 20.2 Å². The summed E-state index contributed by atoms with van der Waals surface area (Å²) in [6.45, 7) is 4.16. The summed E-state index contributed by atoms with van der Waals surface area (Å²) in [6, 6.07) is 7.82. The average molecular weight is 276 g/mol. The summed E-state index contributed by atoms with van der Waals surface area (Å²) in [4.78, 5) is 14.5. The number of nitrogens with two attached hydrogens (primary N) is 1. The van der Waals surface area contributed by atoms with Crippen LogP contribution in [0.2, 0.25) is 0 Å². The highest BCUT2D eigenvalue weighted by molar-refractivity contribution is 5.94. The molecular weight excluding hydrogens is 252 g/mol. The first-order valence-electron chi connectivity index (χ1n) is 7.24. The average Bonchev–Trinajstić information content (AvgIpc) is 2.47. The first-order chi connectivity index (χ1) is 9.61. The van der Waals surface area contributed by atoms with E-state index in [4.69, 9.17) is 10.5 Å². The first kappa shape index (κ1) is 15.0. The Kier molecular flexibility index (Phi) is 5.15. The quantitative estimate of drug-likeness (QED) is 0.915. The van der Waals surface area contributed by atoms with Gasteiger partial charge in [0.15, 0.2) is 0 Å². The molecule has 1 heterocycles. The highest BCUT2D eigenvalue weighted by atomic mass is 16.5. The van der Waals surface area contributed by atoms with E-state index in [2.05, 4.69) is 0 Å². The highest BCUT2D eigenvalue weighted by Gasteiger charge is 2.26. The van der Waals surface area contributed by atoms with Crippen molar-refractivity contribution in [3.8, 4) is 0 Å². The number of hydrogen-bond acceptors (Lipinski definition) is 3. The van der Waals surface area contributed by atoms with E-state index in [0.29, 0.717) is 12.5 Å². The molecule has 0 aromatic heterocycles. The molecule has 0 saturated carbocycles. The van der Waals surface area contributed by atoms with Crippen LogP contribution >= 0.6 is 0 Å². The highest BCUT2D eigenvalue weighted by Crippen LogP contribution is 2.21. The van der Waals surface area contributed by atoms with Crippen LogP contribution in [0, 0.1) is 5.92 Å². The number of likely N-dealkylation sites (tertiary alicyclic amines) is 1. The molecule has 0 unspecified atom stereocenters. The Morgan fingerprint density at radius 3 is 3.05 bits per heavy atom. The Labute approximate surface area is 120 Å². The van der Waals surface area contributed by atoms with Gasteiger partial charge in [-0.1, -0.05) is 12.1 Å². The lowest BCUT2D eigenvalue weighted by molar-refractivity contribution is 0.0660. The summed E-state index contributed by atoms with van der Waals surface area (Å²) in [5.74, 6) is 0.517. The largest absolute Gasteiger partial charge is 0.380 e. The van der Waals surface area contributed by atoms with E-state index < -0.39 is 0 Å². The minimum absolute atomic E-state index is 0.105. The van der Waals surface area contributed by atoms with E-state index in [9.17, 15) is 4.79 Å². The molecule has 1 aliphatic heterocycles. The van der Waals surface area contributed by atoms with Crippen LogP contribution < -0.4 is 5.73 Å². The number of methoxy groups -OCH3 is 1. The molecule has 2 N–H and O–H groups in total. The fourth-order valence-corrected chi connectivity index (χ4v) is 2.77. The normalized spacial score (nSPS) is 20.8. The monoisotopic (exact) mass is 276 g/mol. The molecule has 1 saturated heterocycles. The molecule has 4 heteroatoms. The minimum atomic E-state index is 0.105. The summed E-state index contributed by atoms with van der Waals surface area (Å²) in [5.41, 5.74) is 7.74. The lowest BCUT2D eigenvalue weighted by atomic mass is 9.92. The lowest BCUT2D eigenvalue weighted by Gasteiger charge is -2.34. The topological polar surface area (TPSA) is 55.6 Å². The Morgan fingerprint density at radius 1 is 1.55 bits per heavy atom. The van der Waals surface area contributed by atoms with Crippen LogP contribution in [-0.4, -0.2) is 37.0 Å². The lowest BCUT2D eigenvalue weighted by Crippen LogP contribution is -2.45. The second-order valence-electron chi connectivity index (χ2n) is 5.65. The second-order valence-corrected chi connectivity index (χ2v) is 5.65. The predicted octanol–water partition coefficient (Wildman–Crippen LogP) is 2.03. The van der Waals surface area contributed by atoms with Gasteiger partial charge < -0.3 is 15.4 Å². The van der Waals surface area contributed by atoms with Crippen LogP contribution in [-0.2, 0) is 11.3 Å². The van der Waals surface area contributed by atoms with Gasteiger partial charge in [-0.05, 0) is 43.4 Å². The van der Waals surface area contributed by atoms with Crippen molar-refractivity contribution in [1.29, 1.82) is 0 Å². The fourth-order valence-electron chi connectivity index (χ4n) is 2.77. The maximum absolute atomic E-state index is 12.6. The van der Waals surface area contributed by atoms with Crippen LogP contribution in [0.15, 0.2) is 24.3 Å². The van der Waals surface area contributed by atoms with Crippen LogP contribution in [0.5, 0.6) is 0 Å². The molecule has 1 aromatic rings. The summed E-state index contributed by atoms with van der Waals surface area (Å²) in [5, 5.41) is 0. The van der Waals surface area contributed by atoms with Crippen LogP contribution in [0.4, 0.5) is 0 Å². The SMILES string of the molecule is COCc1cccc(C(=O)N2CCC[C@@H]([C@@H](C)N)C2)c1. The molecule has 2 rings (SSSR count). The molecular formula is C16H24N2O2. The smallest absolute Gasteiger partial charge is 0.253 e. The zero-order chi connectivity index (χ0) is 14.5. The molecule has 2 atom stereocenters. The van der Waals surface area contributed by atoms with E-state index >= 15 is 0 Å². The van der Waals surface area contributed by atoms with E-state index in [1.165, 1.54) is 0 Å². The Morgan fingerprint density at radius 2 is 2.35 bits per heavy atom. The number of ether oxygens (including phenoxy) is 1. The van der Waals surface area contributed by atoms with Gasteiger partial charge in [0.2, 0.25) is 0 Å². The van der Waals surface area contributed by atoms with Gasteiger partial charge in [-0.2, -0.15) is 0 Å². The van der Waals surface area contributed by atoms with E-state index in [1.807, 2.05) is 36.1 Å². The number of piperidine rings is 1. The number of benzene rings is 1. The third kappa shape index (κ3) is 3.58. The number of hydrogen-bond donors (Lipinski definition) is 1. The third-order valence-corrected chi connectivity index (χ3v) is 3.97. The number of carbonyl (C=O) groups excluding carboxylic acids is 1. The predicted molar refractivity (Wildman–Crippen MR) is 79.4 cm³/mol. The van der Waals surface area contributed by atoms with Gasteiger partial charge in [0.05, 0.1) is 6.61 Å². The molecule has 4 nitrogen and oxygen atoms in total. The van der Waals surface area contributed by atoms with E-state index in [1.54, 1.807) is 7.11 Å². The van der Waals surface area contributed by atoms with Crippen LogP contribution in [0.1, 0.15) is 35.7 Å². The molecule has 0 bridgehead atoms. The Bertz CT molecular complexity index is 460. The van der Waals surface area contributed by atoms with Crippen molar-refractivity contribution in [2.24, 2.45) is 11.7 Å². The zero-order valence-electron chi connectivity index (χ0n) is 12.3. The van der Waals surface area contributed by atoms with Gasteiger partial charge in [-0.25, -0.2) is 0 Å². The van der Waals surface area contributed by atoms with Gasteiger partial charge in [0, 0.05) is 31.8 Å². The number of carbonyl (C=O) groups is 1. The number of nitrogens with zero attached hydrogens (tertiary/aromatic N) is 1. The molecule has 1 fully saturated rings. The summed E-state index contributed by atoms with van der Waals surface area (Å²) < 4.78 is 5.12.